The van der Waals surface area contributed by atoms with Crippen LogP contribution in [0, 0.1) is 0 Å². The predicted octanol–water partition coefficient (Wildman–Crippen LogP) is 4.60. The Hall–Kier alpha value is 0.537. The molecule has 0 heterocycles. The molecule has 0 saturated carbocycles. The van der Waals surface area contributed by atoms with Crippen LogP contribution in [0.25, 0.3) is 0 Å². The highest BCUT2D eigenvalue weighted by atomic mass is 35.7. The summed E-state index contributed by atoms with van der Waals surface area (Å²) in [6, 6.07) is 0. The fourth-order valence-corrected chi connectivity index (χ4v) is 2.09. The molecule has 12 heavy (non-hydrogen) atoms. The fraction of sp³-hybridized carbons (Fsp3) is 0.778. The Morgan fingerprint density at radius 3 is 2.33 bits per heavy atom. The Bertz CT molecular complexity index is 127. The molecule has 3 heteroatoms. The molecule has 0 rings (SSSR count). The molecule has 72 valence electrons. The van der Waals surface area contributed by atoms with Gasteiger partial charge in [0.15, 0.2) is 0 Å². The largest absolute Gasteiger partial charge is 0.270 e. The molecule has 0 spiro atoms. The van der Waals surface area contributed by atoms with Crippen molar-refractivity contribution in [1.29, 1.82) is 0 Å². The summed E-state index contributed by atoms with van der Waals surface area (Å²) in [6.07, 6.45) is 8.47. The Kier molecular flexibility index (Phi) is 7.30. The van der Waals surface area contributed by atoms with E-state index in [1.54, 1.807) is 0 Å². The van der Waals surface area contributed by atoms with Gasteiger partial charge < -0.3 is 0 Å². The van der Waals surface area contributed by atoms with E-state index < -0.39 is 6.69 Å². The maximum Gasteiger partial charge on any atom is 0.270 e. The molecule has 0 aliphatic carbocycles. The first-order valence-corrected chi connectivity index (χ1v) is 9.22. The first-order chi connectivity index (χ1) is 5.56. The van der Waals surface area contributed by atoms with Crippen LogP contribution in [-0.2, 0) is 0 Å². The van der Waals surface area contributed by atoms with Crippen molar-refractivity contribution in [2.45, 2.75) is 45.6 Å². The van der Waals surface area contributed by atoms with Crippen molar-refractivity contribution >= 4 is 28.9 Å². The highest BCUT2D eigenvalue weighted by Gasteiger charge is 2.14. The third kappa shape index (κ3) is 10.5. The second kappa shape index (κ2) is 6.99. The first kappa shape index (κ1) is 12.5. The summed E-state index contributed by atoms with van der Waals surface area (Å²) in [5.74, 6) is 0. The monoisotopic (exact) mass is 224 g/mol. The van der Waals surface area contributed by atoms with Gasteiger partial charge in [0.2, 0.25) is 0 Å². The fourth-order valence-electron chi connectivity index (χ4n) is 0.979. The van der Waals surface area contributed by atoms with Crippen molar-refractivity contribution < 1.29 is 0 Å². The zero-order valence-corrected chi connectivity index (χ0v) is 10.5. The zero-order valence-electron chi connectivity index (χ0n) is 7.95. The molecule has 0 aliphatic heterocycles. The van der Waals surface area contributed by atoms with Gasteiger partial charge in [-0.15, -0.1) is 22.2 Å². The molecule has 0 aromatic carbocycles. The molecule has 0 N–H and O–H groups in total. The van der Waals surface area contributed by atoms with E-state index in [0.29, 0.717) is 0 Å². The Morgan fingerprint density at radius 2 is 1.83 bits per heavy atom. The molecular weight excluding hydrogens is 207 g/mol. The van der Waals surface area contributed by atoms with E-state index in [1.807, 2.05) is 12.2 Å². The Labute approximate surface area is 86.4 Å². The van der Waals surface area contributed by atoms with Crippen LogP contribution in [0.2, 0.25) is 6.55 Å². The molecule has 0 fully saturated rings. The van der Waals surface area contributed by atoms with Gasteiger partial charge in [0.1, 0.15) is 0 Å². The summed E-state index contributed by atoms with van der Waals surface area (Å²) >= 11 is 11.8. The van der Waals surface area contributed by atoms with E-state index in [1.165, 1.54) is 25.7 Å². The lowest BCUT2D eigenvalue weighted by atomic mass is 10.2. The van der Waals surface area contributed by atoms with Crippen LogP contribution in [0.15, 0.2) is 11.8 Å². The lowest BCUT2D eigenvalue weighted by Gasteiger charge is -2.01. The van der Waals surface area contributed by atoms with Gasteiger partial charge in [-0.1, -0.05) is 38.0 Å². The summed E-state index contributed by atoms with van der Waals surface area (Å²) < 4.78 is 0. The van der Waals surface area contributed by atoms with Crippen LogP contribution in [0.4, 0.5) is 0 Å². The standard InChI is InChI=1S/C9H18Cl2Si/c1-3-4-5-6-7-8-9-12(2,10)11/h8-9H,3-7H2,1-2H3. The minimum Gasteiger partial charge on any atom is -0.141 e. The van der Waals surface area contributed by atoms with Gasteiger partial charge in [0, 0.05) is 0 Å². The van der Waals surface area contributed by atoms with Crippen LogP contribution >= 0.6 is 22.2 Å². The van der Waals surface area contributed by atoms with Crippen LogP contribution < -0.4 is 0 Å². The van der Waals surface area contributed by atoms with E-state index >= 15 is 0 Å². The van der Waals surface area contributed by atoms with E-state index in [9.17, 15) is 0 Å². The molecule has 0 bridgehead atoms. The summed E-state index contributed by atoms with van der Waals surface area (Å²) in [5, 5.41) is 0. The number of rotatable bonds is 6. The second-order valence-corrected chi connectivity index (χ2v) is 10.7. The molecule has 0 radical (unpaired) electrons. The Balaban J connectivity index is 3.25. The number of allylic oxidation sites excluding steroid dienone is 1. The van der Waals surface area contributed by atoms with Crippen molar-refractivity contribution in [3.05, 3.63) is 11.8 Å². The summed E-state index contributed by atoms with van der Waals surface area (Å²) in [7, 11) is 0. The van der Waals surface area contributed by atoms with Crippen LogP contribution in [-0.4, -0.2) is 6.69 Å². The topological polar surface area (TPSA) is 0 Å². The molecule has 0 aromatic rings. The second-order valence-electron chi connectivity index (χ2n) is 3.21. The van der Waals surface area contributed by atoms with E-state index in [4.69, 9.17) is 22.2 Å². The van der Waals surface area contributed by atoms with Gasteiger partial charge >= 0.3 is 0 Å². The number of halogens is 2. The highest BCUT2D eigenvalue weighted by molar-refractivity contribution is 7.47. The molecule has 0 unspecified atom stereocenters. The first-order valence-electron chi connectivity index (χ1n) is 4.62. The molecule has 0 aliphatic rings. The van der Waals surface area contributed by atoms with Crippen molar-refractivity contribution in [2.24, 2.45) is 0 Å². The Morgan fingerprint density at radius 1 is 1.17 bits per heavy atom. The molecule has 0 saturated heterocycles. The SMILES string of the molecule is CCCCCCC=C[Si](C)(Cl)Cl. The highest BCUT2D eigenvalue weighted by Crippen LogP contribution is 2.15. The van der Waals surface area contributed by atoms with Crippen LogP contribution in [0.3, 0.4) is 0 Å². The average molecular weight is 225 g/mol. The van der Waals surface area contributed by atoms with Crippen LogP contribution in [0.5, 0.6) is 0 Å². The summed E-state index contributed by atoms with van der Waals surface area (Å²) in [5.41, 5.74) is 1.99. The van der Waals surface area contributed by atoms with Gasteiger partial charge in [-0.3, -0.25) is 0 Å². The van der Waals surface area contributed by atoms with Gasteiger partial charge in [-0.2, -0.15) is 0 Å². The minimum atomic E-state index is -1.96. The smallest absolute Gasteiger partial charge is 0.141 e. The summed E-state index contributed by atoms with van der Waals surface area (Å²) in [4.78, 5) is 0. The maximum absolute atomic E-state index is 5.89. The van der Waals surface area contributed by atoms with E-state index in [2.05, 4.69) is 13.0 Å². The molecule has 0 nitrogen and oxygen atoms in total. The lowest BCUT2D eigenvalue weighted by Crippen LogP contribution is -2.07. The third-order valence-corrected chi connectivity index (χ3v) is 3.21. The molecule has 0 atom stereocenters. The third-order valence-electron chi connectivity index (χ3n) is 1.63. The molecule has 0 amide bonds. The predicted molar refractivity (Wildman–Crippen MR) is 61.2 cm³/mol. The van der Waals surface area contributed by atoms with Gasteiger partial charge in [-0.25, -0.2) is 0 Å². The normalized spacial score (nSPS) is 12.7. The van der Waals surface area contributed by atoms with Crippen molar-refractivity contribution in [2.75, 3.05) is 0 Å². The quantitative estimate of drug-likeness (QED) is 0.352. The molecular formula is C9H18Cl2Si. The number of unbranched alkanes of at least 4 members (excludes halogenated alkanes) is 4. The van der Waals surface area contributed by atoms with E-state index in [-0.39, 0.29) is 0 Å². The van der Waals surface area contributed by atoms with Crippen molar-refractivity contribution in [3.8, 4) is 0 Å². The lowest BCUT2D eigenvalue weighted by molar-refractivity contribution is 0.674. The average Bonchev–Trinajstić information content (AvgIpc) is 1.94. The molecule has 0 aromatic heterocycles. The van der Waals surface area contributed by atoms with Crippen LogP contribution in [0.1, 0.15) is 39.0 Å². The number of hydrogen-bond acceptors (Lipinski definition) is 0. The van der Waals surface area contributed by atoms with Gasteiger partial charge in [-0.05, 0) is 19.4 Å². The van der Waals surface area contributed by atoms with Crippen molar-refractivity contribution in [1.82, 2.24) is 0 Å². The van der Waals surface area contributed by atoms with E-state index in [0.717, 1.165) is 6.42 Å². The number of hydrogen-bond donors (Lipinski definition) is 0. The maximum atomic E-state index is 5.89. The minimum absolute atomic E-state index is 1.13. The van der Waals surface area contributed by atoms with Gasteiger partial charge in [0.05, 0.1) is 0 Å². The van der Waals surface area contributed by atoms with Crippen molar-refractivity contribution in [3.63, 3.8) is 0 Å². The van der Waals surface area contributed by atoms with Gasteiger partial charge in [0.25, 0.3) is 6.69 Å². The summed E-state index contributed by atoms with van der Waals surface area (Å²) in [6.45, 7) is 2.17. The zero-order chi connectivity index (χ0) is 9.45.